The second-order valence-electron chi connectivity index (χ2n) is 6.86. The number of carbonyl (C=O) groups excluding carboxylic acids is 2. The van der Waals surface area contributed by atoms with Gasteiger partial charge in [0.2, 0.25) is 11.8 Å². The molecule has 1 aromatic heterocycles. The molecule has 2 heterocycles. The third-order valence-electron chi connectivity index (χ3n) is 5.05. The number of hydrogen-bond donors (Lipinski definition) is 2. The molecule has 1 saturated carbocycles. The lowest BCUT2D eigenvalue weighted by Crippen LogP contribution is -2.54. The topological polar surface area (TPSA) is 100 Å². The molecule has 1 aliphatic carbocycles. The predicted molar refractivity (Wildman–Crippen MR) is 90.6 cm³/mol. The van der Waals surface area contributed by atoms with Crippen molar-refractivity contribution in [2.24, 2.45) is 5.92 Å². The maximum Gasteiger partial charge on any atom is 0.245 e. The summed E-state index contributed by atoms with van der Waals surface area (Å²) in [5.74, 6) is 1.46. The largest absolute Gasteiger partial charge is 0.366 e. The van der Waals surface area contributed by atoms with Gasteiger partial charge in [-0.05, 0) is 18.8 Å². The SMILES string of the molecule is CCc1nc([C@H]2CN(C(=O)[C@H](NC(C)=O)C3CCCC3)CCO2)n[nH]1. The van der Waals surface area contributed by atoms with Crippen LogP contribution in [0.3, 0.4) is 0 Å². The van der Waals surface area contributed by atoms with E-state index in [0.29, 0.717) is 25.5 Å². The number of aryl methyl sites for hydroxylation is 1. The summed E-state index contributed by atoms with van der Waals surface area (Å²) in [4.78, 5) is 30.9. The molecule has 2 atom stereocenters. The number of carbonyl (C=O) groups is 2. The predicted octanol–water partition coefficient (Wildman–Crippen LogP) is 0.962. The minimum atomic E-state index is -0.433. The van der Waals surface area contributed by atoms with E-state index < -0.39 is 6.04 Å². The Labute approximate surface area is 147 Å². The minimum Gasteiger partial charge on any atom is -0.366 e. The van der Waals surface area contributed by atoms with Crippen molar-refractivity contribution in [1.29, 1.82) is 0 Å². The fraction of sp³-hybridized carbons (Fsp3) is 0.765. The van der Waals surface area contributed by atoms with Gasteiger partial charge in [-0.15, -0.1) is 0 Å². The van der Waals surface area contributed by atoms with Crippen LogP contribution in [0.4, 0.5) is 0 Å². The van der Waals surface area contributed by atoms with E-state index in [0.717, 1.165) is 37.9 Å². The second kappa shape index (κ2) is 7.95. The normalized spacial score (nSPS) is 22.8. The highest BCUT2D eigenvalue weighted by Crippen LogP contribution is 2.29. The average molecular weight is 349 g/mol. The molecule has 3 rings (SSSR count). The van der Waals surface area contributed by atoms with Crippen molar-refractivity contribution in [2.75, 3.05) is 19.7 Å². The van der Waals surface area contributed by atoms with Crippen molar-refractivity contribution in [3.8, 4) is 0 Å². The van der Waals surface area contributed by atoms with E-state index in [-0.39, 0.29) is 23.8 Å². The van der Waals surface area contributed by atoms with E-state index in [1.807, 2.05) is 6.92 Å². The van der Waals surface area contributed by atoms with Gasteiger partial charge < -0.3 is 15.0 Å². The molecule has 2 fully saturated rings. The first-order valence-electron chi connectivity index (χ1n) is 9.17. The van der Waals surface area contributed by atoms with Gasteiger partial charge in [-0.3, -0.25) is 14.7 Å². The standard InChI is InChI=1S/C17H27N5O3/c1-3-14-19-16(21-20-14)13-10-22(8-9-25-13)17(24)15(18-11(2)23)12-6-4-5-7-12/h12-13,15H,3-10H2,1-2H3,(H,18,23)(H,19,20,21)/t13-,15-/m1/s1. The third-order valence-corrected chi connectivity index (χ3v) is 5.05. The first-order valence-corrected chi connectivity index (χ1v) is 9.17. The quantitative estimate of drug-likeness (QED) is 0.825. The Morgan fingerprint density at radius 2 is 2.16 bits per heavy atom. The van der Waals surface area contributed by atoms with Gasteiger partial charge >= 0.3 is 0 Å². The number of aromatic nitrogens is 3. The Balaban J connectivity index is 1.69. The molecule has 0 unspecified atom stereocenters. The first kappa shape index (κ1) is 17.8. The van der Waals surface area contributed by atoms with E-state index in [4.69, 9.17) is 4.74 Å². The summed E-state index contributed by atoms with van der Waals surface area (Å²) in [6.45, 7) is 4.87. The lowest BCUT2D eigenvalue weighted by Gasteiger charge is -2.35. The zero-order valence-corrected chi connectivity index (χ0v) is 15.0. The van der Waals surface area contributed by atoms with Gasteiger partial charge in [-0.1, -0.05) is 19.8 Å². The summed E-state index contributed by atoms with van der Waals surface area (Å²) in [6.07, 6.45) is 4.68. The van der Waals surface area contributed by atoms with Crippen LogP contribution in [0.5, 0.6) is 0 Å². The molecule has 0 radical (unpaired) electrons. The highest BCUT2D eigenvalue weighted by Gasteiger charge is 2.37. The molecule has 0 bridgehead atoms. The van der Waals surface area contributed by atoms with Crippen molar-refractivity contribution < 1.29 is 14.3 Å². The smallest absolute Gasteiger partial charge is 0.245 e. The number of ether oxygens (including phenoxy) is 1. The van der Waals surface area contributed by atoms with Crippen molar-refractivity contribution in [3.63, 3.8) is 0 Å². The van der Waals surface area contributed by atoms with Crippen LogP contribution in [-0.4, -0.2) is 57.6 Å². The molecule has 0 spiro atoms. The lowest BCUT2D eigenvalue weighted by molar-refractivity contribution is -0.144. The molecule has 0 aromatic carbocycles. The molecule has 2 aliphatic rings. The van der Waals surface area contributed by atoms with Crippen molar-refractivity contribution >= 4 is 11.8 Å². The van der Waals surface area contributed by atoms with E-state index in [9.17, 15) is 9.59 Å². The van der Waals surface area contributed by atoms with Crippen LogP contribution in [0.15, 0.2) is 0 Å². The van der Waals surface area contributed by atoms with Crippen LogP contribution in [0.1, 0.15) is 57.3 Å². The molecule has 8 nitrogen and oxygen atoms in total. The number of amides is 2. The molecule has 138 valence electrons. The van der Waals surface area contributed by atoms with Crippen LogP contribution in [0, 0.1) is 5.92 Å². The van der Waals surface area contributed by atoms with Gasteiger partial charge in [0.15, 0.2) is 5.82 Å². The molecular weight excluding hydrogens is 322 g/mol. The Bertz CT molecular complexity index is 611. The van der Waals surface area contributed by atoms with Gasteiger partial charge in [0.05, 0.1) is 13.2 Å². The van der Waals surface area contributed by atoms with Gasteiger partial charge in [0, 0.05) is 19.9 Å². The number of H-pyrrole nitrogens is 1. The summed E-state index contributed by atoms with van der Waals surface area (Å²) in [7, 11) is 0. The molecule has 25 heavy (non-hydrogen) atoms. The molecule has 8 heteroatoms. The fourth-order valence-electron chi connectivity index (χ4n) is 3.71. The number of morpholine rings is 1. The van der Waals surface area contributed by atoms with Crippen LogP contribution >= 0.6 is 0 Å². The molecule has 1 aliphatic heterocycles. The van der Waals surface area contributed by atoms with Crippen molar-refractivity contribution in [1.82, 2.24) is 25.4 Å². The van der Waals surface area contributed by atoms with Crippen LogP contribution in [0.2, 0.25) is 0 Å². The molecule has 1 saturated heterocycles. The van der Waals surface area contributed by atoms with Crippen molar-refractivity contribution in [2.45, 2.75) is 58.1 Å². The monoisotopic (exact) mass is 349 g/mol. The number of hydrogen-bond acceptors (Lipinski definition) is 5. The first-order chi connectivity index (χ1) is 12.1. The van der Waals surface area contributed by atoms with E-state index in [1.54, 1.807) is 4.90 Å². The number of nitrogens with zero attached hydrogens (tertiary/aromatic N) is 3. The summed E-state index contributed by atoms with van der Waals surface area (Å²) in [5, 5.41) is 9.97. The second-order valence-corrected chi connectivity index (χ2v) is 6.86. The maximum absolute atomic E-state index is 13.1. The maximum atomic E-state index is 13.1. The zero-order valence-electron chi connectivity index (χ0n) is 15.0. The Kier molecular flexibility index (Phi) is 5.67. The van der Waals surface area contributed by atoms with E-state index >= 15 is 0 Å². The summed E-state index contributed by atoms with van der Waals surface area (Å²) in [6, 6.07) is -0.433. The summed E-state index contributed by atoms with van der Waals surface area (Å²) < 4.78 is 5.76. The fourth-order valence-corrected chi connectivity index (χ4v) is 3.71. The molecule has 2 N–H and O–H groups in total. The zero-order chi connectivity index (χ0) is 17.8. The van der Waals surface area contributed by atoms with E-state index in [2.05, 4.69) is 20.5 Å². The highest BCUT2D eigenvalue weighted by molar-refractivity contribution is 5.87. The average Bonchev–Trinajstić information content (AvgIpc) is 3.30. The van der Waals surface area contributed by atoms with Crippen LogP contribution in [0.25, 0.3) is 0 Å². The Morgan fingerprint density at radius 1 is 1.40 bits per heavy atom. The molecule has 1 aromatic rings. The number of rotatable bonds is 5. The van der Waals surface area contributed by atoms with Gasteiger partial charge in [0.25, 0.3) is 0 Å². The van der Waals surface area contributed by atoms with Crippen LogP contribution in [-0.2, 0) is 20.7 Å². The summed E-state index contributed by atoms with van der Waals surface area (Å²) >= 11 is 0. The molecular formula is C17H27N5O3. The lowest BCUT2D eigenvalue weighted by atomic mass is 9.96. The highest BCUT2D eigenvalue weighted by atomic mass is 16.5. The Morgan fingerprint density at radius 3 is 2.80 bits per heavy atom. The third kappa shape index (κ3) is 4.18. The number of aromatic amines is 1. The van der Waals surface area contributed by atoms with Gasteiger partial charge in [-0.2, -0.15) is 5.10 Å². The van der Waals surface area contributed by atoms with Crippen LogP contribution < -0.4 is 5.32 Å². The number of nitrogens with one attached hydrogen (secondary N) is 2. The molecule has 2 amide bonds. The van der Waals surface area contributed by atoms with E-state index in [1.165, 1.54) is 6.92 Å². The van der Waals surface area contributed by atoms with Gasteiger partial charge in [0.1, 0.15) is 18.0 Å². The van der Waals surface area contributed by atoms with Crippen molar-refractivity contribution in [3.05, 3.63) is 11.6 Å². The van der Waals surface area contributed by atoms with Gasteiger partial charge in [-0.25, -0.2) is 4.98 Å². The minimum absolute atomic E-state index is 0.0124. The summed E-state index contributed by atoms with van der Waals surface area (Å²) in [5.41, 5.74) is 0. The Hall–Kier alpha value is -1.96.